The Hall–Kier alpha value is -1.83. The largest absolute Gasteiger partial charge is 0.507 e. The van der Waals surface area contributed by atoms with Crippen LogP contribution >= 0.6 is 0 Å². The molecular weight excluding hydrogens is 203 g/mol. The van der Waals surface area contributed by atoms with Crippen LogP contribution in [0.5, 0.6) is 5.75 Å². The highest BCUT2D eigenvalue weighted by Crippen LogP contribution is 2.31. The molecule has 2 rings (SSSR count). The second-order valence-corrected chi connectivity index (χ2v) is 3.96. The van der Waals surface area contributed by atoms with E-state index in [1.807, 2.05) is 19.9 Å². The van der Waals surface area contributed by atoms with E-state index in [9.17, 15) is 9.50 Å². The molecule has 0 spiro atoms. The molecule has 2 aromatic carbocycles. The zero-order chi connectivity index (χ0) is 11.7. The van der Waals surface area contributed by atoms with E-state index in [4.69, 9.17) is 0 Å². The van der Waals surface area contributed by atoms with Crippen LogP contribution in [0.1, 0.15) is 11.1 Å². The predicted molar refractivity (Wildman–Crippen MR) is 63.0 cm³/mol. The van der Waals surface area contributed by atoms with E-state index in [2.05, 4.69) is 0 Å². The van der Waals surface area contributed by atoms with Crippen LogP contribution in [0.25, 0.3) is 11.1 Å². The summed E-state index contributed by atoms with van der Waals surface area (Å²) in [6.07, 6.45) is 0. The molecule has 0 saturated heterocycles. The third-order valence-electron chi connectivity index (χ3n) is 2.77. The second kappa shape index (κ2) is 3.97. The van der Waals surface area contributed by atoms with Crippen LogP contribution in [0.3, 0.4) is 0 Å². The lowest BCUT2D eigenvalue weighted by molar-refractivity contribution is 0.476. The Morgan fingerprint density at radius 3 is 2.12 bits per heavy atom. The van der Waals surface area contributed by atoms with Gasteiger partial charge in [-0.05, 0) is 54.8 Å². The van der Waals surface area contributed by atoms with Gasteiger partial charge in [0.25, 0.3) is 0 Å². The quantitative estimate of drug-likeness (QED) is 0.768. The van der Waals surface area contributed by atoms with Crippen molar-refractivity contribution < 1.29 is 9.50 Å². The van der Waals surface area contributed by atoms with Crippen LogP contribution in [0.2, 0.25) is 0 Å². The van der Waals surface area contributed by atoms with Crippen molar-refractivity contribution in [1.29, 1.82) is 0 Å². The molecule has 82 valence electrons. The molecule has 1 nitrogen and oxygen atoms in total. The van der Waals surface area contributed by atoms with Crippen molar-refractivity contribution >= 4 is 0 Å². The highest BCUT2D eigenvalue weighted by Gasteiger charge is 2.06. The van der Waals surface area contributed by atoms with Crippen molar-refractivity contribution in [1.82, 2.24) is 0 Å². The first-order valence-corrected chi connectivity index (χ1v) is 5.14. The summed E-state index contributed by atoms with van der Waals surface area (Å²) in [5, 5.41) is 9.84. The topological polar surface area (TPSA) is 20.2 Å². The van der Waals surface area contributed by atoms with Gasteiger partial charge >= 0.3 is 0 Å². The van der Waals surface area contributed by atoms with Crippen molar-refractivity contribution in [2.75, 3.05) is 0 Å². The lowest BCUT2D eigenvalue weighted by atomic mass is 9.99. The standard InChI is InChI=1S/C14H13FO/c1-9-7-13(14(16)8-10(9)2)11-3-5-12(15)6-4-11/h3-8,16H,1-2H3. The molecule has 2 heteroatoms. The number of aromatic hydroxyl groups is 1. The van der Waals surface area contributed by atoms with Crippen LogP contribution in [0.4, 0.5) is 4.39 Å². The van der Waals surface area contributed by atoms with Crippen LogP contribution in [0, 0.1) is 19.7 Å². The van der Waals surface area contributed by atoms with Gasteiger partial charge in [-0.25, -0.2) is 4.39 Å². The predicted octanol–water partition coefficient (Wildman–Crippen LogP) is 3.82. The molecule has 0 aliphatic rings. The minimum atomic E-state index is -0.271. The Balaban J connectivity index is 2.56. The van der Waals surface area contributed by atoms with Gasteiger partial charge in [-0.2, -0.15) is 0 Å². The third kappa shape index (κ3) is 1.91. The molecule has 2 aromatic rings. The summed E-state index contributed by atoms with van der Waals surface area (Å²) in [6.45, 7) is 3.94. The Labute approximate surface area is 94.2 Å². The first-order valence-electron chi connectivity index (χ1n) is 5.14. The number of aryl methyl sites for hydroxylation is 2. The number of phenolic OH excluding ortho intramolecular Hbond substituents is 1. The van der Waals surface area contributed by atoms with Gasteiger partial charge in [0.1, 0.15) is 11.6 Å². The summed E-state index contributed by atoms with van der Waals surface area (Å²) in [5.74, 6) is -0.0400. The van der Waals surface area contributed by atoms with Crippen molar-refractivity contribution in [3.8, 4) is 16.9 Å². The molecule has 0 saturated carbocycles. The Kier molecular flexibility index (Phi) is 2.65. The van der Waals surface area contributed by atoms with Gasteiger partial charge in [-0.15, -0.1) is 0 Å². The SMILES string of the molecule is Cc1cc(O)c(-c2ccc(F)cc2)cc1C. The van der Waals surface area contributed by atoms with E-state index in [-0.39, 0.29) is 11.6 Å². The third-order valence-corrected chi connectivity index (χ3v) is 2.77. The van der Waals surface area contributed by atoms with Crippen LogP contribution in [0.15, 0.2) is 36.4 Å². The lowest BCUT2D eigenvalue weighted by Crippen LogP contribution is -1.85. The number of hydrogen-bond donors (Lipinski definition) is 1. The number of rotatable bonds is 1. The maximum Gasteiger partial charge on any atom is 0.123 e. The number of benzene rings is 2. The zero-order valence-electron chi connectivity index (χ0n) is 9.29. The minimum Gasteiger partial charge on any atom is -0.507 e. The fourth-order valence-electron chi connectivity index (χ4n) is 1.66. The monoisotopic (exact) mass is 216 g/mol. The molecule has 0 atom stereocenters. The fraction of sp³-hybridized carbons (Fsp3) is 0.143. The maximum absolute atomic E-state index is 12.8. The first kappa shape index (κ1) is 10.7. The number of phenols is 1. The molecule has 0 bridgehead atoms. The molecule has 16 heavy (non-hydrogen) atoms. The highest BCUT2D eigenvalue weighted by molar-refractivity contribution is 5.71. The Morgan fingerprint density at radius 2 is 1.50 bits per heavy atom. The second-order valence-electron chi connectivity index (χ2n) is 3.96. The van der Waals surface area contributed by atoms with E-state index in [1.165, 1.54) is 12.1 Å². The van der Waals surface area contributed by atoms with Crippen molar-refractivity contribution in [3.63, 3.8) is 0 Å². The van der Waals surface area contributed by atoms with Gasteiger partial charge in [0.2, 0.25) is 0 Å². The average molecular weight is 216 g/mol. The summed E-state index contributed by atoms with van der Waals surface area (Å²) >= 11 is 0. The number of halogens is 1. The molecule has 0 heterocycles. The summed E-state index contributed by atoms with van der Waals surface area (Å²) < 4.78 is 12.8. The molecule has 0 fully saturated rings. The van der Waals surface area contributed by atoms with Crippen LogP contribution in [-0.2, 0) is 0 Å². The van der Waals surface area contributed by atoms with Gasteiger partial charge in [-0.3, -0.25) is 0 Å². The zero-order valence-corrected chi connectivity index (χ0v) is 9.29. The smallest absolute Gasteiger partial charge is 0.123 e. The van der Waals surface area contributed by atoms with E-state index in [0.717, 1.165) is 22.3 Å². The number of hydrogen-bond acceptors (Lipinski definition) is 1. The highest BCUT2D eigenvalue weighted by atomic mass is 19.1. The molecule has 0 unspecified atom stereocenters. The van der Waals surface area contributed by atoms with Crippen molar-refractivity contribution in [3.05, 3.63) is 53.3 Å². The molecular formula is C14H13FO. The van der Waals surface area contributed by atoms with Gasteiger partial charge in [0, 0.05) is 5.56 Å². The van der Waals surface area contributed by atoms with E-state index in [1.54, 1.807) is 18.2 Å². The van der Waals surface area contributed by atoms with Crippen molar-refractivity contribution in [2.45, 2.75) is 13.8 Å². The lowest BCUT2D eigenvalue weighted by Gasteiger charge is -2.08. The normalized spacial score (nSPS) is 10.4. The first-order chi connectivity index (χ1) is 7.58. The van der Waals surface area contributed by atoms with Crippen molar-refractivity contribution in [2.24, 2.45) is 0 Å². The van der Waals surface area contributed by atoms with Gasteiger partial charge < -0.3 is 5.11 Å². The maximum atomic E-state index is 12.8. The van der Waals surface area contributed by atoms with Crippen LogP contribution < -0.4 is 0 Å². The van der Waals surface area contributed by atoms with Gasteiger partial charge in [-0.1, -0.05) is 12.1 Å². The van der Waals surface area contributed by atoms with E-state index >= 15 is 0 Å². The Bertz CT molecular complexity index is 515. The van der Waals surface area contributed by atoms with Crippen LogP contribution in [-0.4, -0.2) is 5.11 Å². The molecule has 0 amide bonds. The molecule has 0 aliphatic carbocycles. The average Bonchev–Trinajstić information content (AvgIpc) is 2.25. The van der Waals surface area contributed by atoms with E-state index < -0.39 is 0 Å². The molecule has 1 N–H and O–H groups in total. The molecule has 0 radical (unpaired) electrons. The summed E-state index contributed by atoms with van der Waals surface area (Å²) in [5.41, 5.74) is 3.71. The Morgan fingerprint density at radius 1 is 0.938 bits per heavy atom. The summed E-state index contributed by atoms with van der Waals surface area (Å²) in [7, 11) is 0. The summed E-state index contributed by atoms with van der Waals surface area (Å²) in [4.78, 5) is 0. The fourth-order valence-corrected chi connectivity index (χ4v) is 1.66. The van der Waals surface area contributed by atoms with Gasteiger partial charge in [0.05, 0.1) is 0 Å². The molecule has 0 aromatic heterocycles. The minimum absolute atomic E-state index is 0.231. The molecule has 0 aliphatic heterocycles. The van der Waals surface area contributed by atoms with E-state index in [0.29, 0.717) is 0 Å². The summed E-state index contributed by atoms with van der Waals surface area (Å²) in [6, 6.07) is 9.76. The van der Waals surface area contributed by atoms with Gasteiger partial charge in [0.15, 0.2) is 0 Å².